The maximum Gasteiger partial charge on any atom is 0.408 e. The molecule has 0 bridgehead atoms. The maximum atomic E-state index is 14.8. The Kier molecular flexibility index (Phi) is 14.7. The molecule has 4 amide bonds. The van der Waals surface area contributed by atoms with E-state index < -0.39 is 69.8 Å². The molecule has 0 spiro atoms. The second-order valence-electron chi connectivity index (χ2n) is 19.4. The monoisotopic (exact) mass is 922 g/mol. The smallest absolute Gasteiger partial charge is 0.408 e. The van der Waals surface area contributed by atoms with Gasteiger partial charge < -0.3 is 25.0 Å². The predicted molar refractivity (Wildman–Crippen MR) is 246 cm³/mol. The second-order valence-corrected chi connectivity index (χ2v) is 22.2. The Balaban J connectivity index is 1.19. The molecule has 2 aliphatic carbocycles. The molecule has 2 aliphatic heterocycles. The Hall–Kier alpha value is -4.55. The van der Waals surface area contributed by atoms with Crippen molar-refractivity contribution >= 4 is 56.4 Å². The van der Waals surface area contributed by atoms with E-state index in [1.165, 1.54) is 51.1 Å². The number of carbonyl (C=O) groups is 4. The third-order valence-corrected chi connectivity index (χ3v) is 15.2. The minimum atomic E-state index is -4.07. The number of para-hydroxylation sites is 1. The summed E-state index contributed by atoms with van der Waals surface area (Å²) >= 11 is 1.62. The van der Waals surface area contributed by atoms with Gasteiger partial charge in [-0.1, -0.05) is 63.2 Å². The van der Waals surface area contributed by atoms with Gasteiger partial charge in [0.15, 0.2) is 0 Å². The summed E-state index contributed by atoms with van der Waals surface area (Å²) in [7, 11) is -1.42. The zero-order valence-corrected chi connectivity index (χ0v) is 39.9. The van der Waals surface area contributed by atoms with E-state index in [1.54, 1.807) is 32.1 Å². The molecule has 6 atom stereocenters. The number of hydrogen-bond donors (Lipinski definition) is 3. The van der Waals surface area contributed by atoms with Gasteiger partial charge in [-0.3, -0.25) is 19.0 Å². The number of thiazole rings is 1. The van der Waals surface area contributed by atoms with Crippen LogP contribution >= 0.6 is 11.3 Å². The van der Waals surface area contributed by atoms with E-state index in [0.717, 1.165) is 57.3 Å². The van der Waals surface area contributed by atoms with Crippen LogP contribution < -0.4 is 20.1 Å². The first-order valence-corrected chi connectivity index (χ1v) is 25.3. The van der Waals surface area contributed by atoms with Gasteiger partial charge in [-0.15, -0.1) is 11.3 Å². The fourth-order valence-electron chi connectivity index (χ4n) is 9.47. The van der Waals surface area contributed by atoms with Crippen LogP contribution in [0.25, 0.3) is 21.6 Å². The minimum absolute atomic E-state index is 0.0214. The van der Waals surface area contributed by atoms with Crippen LogP contribution in [0.1, 0.15) is 123 Å². The van der Waals surface area contributed by atoms with E-state index in [4.69, 9.17) is 19.4 Å². The number of rotatable bonds is 10. The highest BCUT2D eigenvalue weighted by Crippen LogP contribution is 2.39. The SMILES string of the molecule is CC(C)n1c(O[C@@H]2C[C@H]3C(=O)N[C@H]4[C@H](/C=C\CCCCC[C@H](NC(=O)OC(C)(C)C)C(=O)N3C2)C[C@@H]4C(=O)NS(=O)(=O)N(C)C)nc2c(-c3nc(CC4CCCCC4)cs3)cccc21. The molecule has 2 aromatic heterocycles. The highest BCUT2D eigenvalue weighted by atomic mass is 32.2. The highest BCUT2D eigenvalue weighted by molar-refractivity contribution is 7.87. The number of alkyl carbamates (subject to hydrolysis) is 1. The van der Waals surface area contributed by atoms with Crippen molar-refractivity contribution in [1.29, 1.82) is 0 Å². The van der Waals surface area contributed by atoms with Gasteiger partial charge in [0.25, 0.3) is 6.01 Å². The Morgan fingerprint density at radius 3 is 2.47 bits per heavy atom. The number of aromatic nitrogens is 3. The molecule has 64 heavy (non-hydrogen) atoms. The molecule has 1 saturated heterocycles. The quantitative estimate of drug-likeness (QED) is 0.185. The van der Waals surface area contributed by atoms with Crippen LogP contribution in [-0.2, 0) is 35.8 Å². The third kappa shape index (κ3) is 11.1. The van der Waals surface area contributed by atoms with Gasteiger partial charge in [0, 0.05) is 43.5 Å². The Labute approximate surface area is 381 Å². The van der Waals surface area contributed by atoms with Crippen molar-refractivity contribution in [2.45, 2.75) is 154 Å². The van der Waals surface area contributed by atoms with Crippen LogP contribution in [0.5, 0.6) is 6.01 Å². The summed E-state index contributed by atoms with van der Waals surface area (Å²) in [5.74, 6) is -2.06. The summed E-state index contributed by atoms with van der Waals surface area (Å²) in [5.41, 5.74) is 2.83. The minimum Gasteiger partial charge on any atom is -0.459 e. The topological polar surface area (TPSA) is 194 Å². The van der Waals surface area contributed by atoms with E-state index in [1.807, 2.05) is 34.9 Å². The van der Waals surface area contributed by atoms with Gasteiger partial charge in [0.2, 0.25) is 17.7 Å². The first-order valence-electron chi connectivity index (χ1n) is 23.0. The second kappa shape index (κ2) is 19.9. The molecule has 7 rings (SSSR count). The number of hydrogen-bond acceptors (Lipinski definition) is 11. The number of fused-ring (bicyclic) bond motifs is 3. The van der Waals surface area contributed by atoms with E-state index in [9.17, 15) is 27.6 Å². The molecule has 350 valence electrons. The van der Waals surface area contributed by atoms with Crippen molar-refractivity contribution in [3.63, 3.8) is 0 Å². The summed E-state index contributed by atoms with van der Waals surface area (Å²) in [6.45, 7) is 9.37. The average Bonchev–Trinajstić information content (AvgIpc) is 3.96. The van der Waals surface area contributed by atoms with Gasteiger partial charge in [0.1, 0.15) is 34.3 Å². The first kappa shape index (κ1) is 47.4. The Morgan fingerprint density at radius 2 is 1.75 bits per heavy atom. The van der Waals surface area contributed by atoms with Crippen molar-refractivity contribution in [3.05, 3.63) is 41.4 Å². The van der Waals surface area contributed by atoms with Crippen molar-refractivity contribution < 1.29 is 37.1 Å². The van der Waals surface area contributed by atoms with Crippen molar-refractivity contribution in [3.8, 4) is 16.6 Å². The summed E-state index contributed by atoms with van der Waals surface area (Å²) in [5, 5.41) is 8.91. The van der Waals surface area contributed by atoms with Gasteiger partial charge in [0.05, 0.1) is 23.7 Å². The molecular weight excluding hydrogens is 857 g/mol. The largest absolute Gasteiger partial charge is 0.459 e. The molecule has 1 aromatic carbocycles. The van der Waals surface area contributed by atoms with Crippen molar-refractivity contribution in [1.82, 2.24) is 39.1 Å². The Morgan fingerprint density at radius 1 is 1.02 bits per heavy atom. The lowest BCUT2D eigenvalue weighted by atomic mass is 9.69. The molecule has 0 unspecified atom stereocenters. The molecule has 4 aliphatic rings. The molecule has 3 fully saturated rings. The van der Waals surface area contributed by atoms with Crippen LogP contribution in [0.2, 0.25) is 0 Å². The molecule has 18 heteroatoms. The van der Waals surface area contributed by atoms with E-state index >= 15 is 0 Å². The summed E-state index contributed by atoms with van der Waals surface area (Å²) in [6, 6.07) is 3.58. The fraction of sp³-hybridized carbons (Fsp3) is 0.652. The number of nitrogens with one attached hydrogen (secondary N) is 3. The van der Waals surface area contributed by atoms with Crippen LogP contribution in [0.4, 0.5) is 4.79 Å². The average molecular weight is 923 g/mol. The molecule has 4 heterocycles. The lowest BCUT2D eigenvalue weighted by Gasteiger charge is -2.43. The lowest BCUT2D eigenvalue weighted by Crippen LogP contribution is -2.62. The normalized spacial score (nSPS) is 25.7. The molecular formula is C46H66N8O8S2. The summed E-state index contributed by atoms with van der Waals surface area (Å²) in [6.07, 6.45) is 13.7. The van der Waals surface area contributed by atoms with Crippen LogP contribution in [0.15, 0.2) is 35.7 Å². The molecule has 3 aromatic rings. The lowest BCUT2D eigenvalue weighted by molar-refractivity contribution is -0.142. The van der Waals surface area contributed by atoms with Crippen molar-refractivity contribution in [2.75, 3.05) is 20.6 Å². The number of benzene rings is 1. The summed E-state index contributed by atoms with van der Waals surface area (Å²) in [4.78, 5) is 67.6. The van der Waals surface area contributed by atoms with Gasteiger partial charge in [-0.2, -0.15) is 17.7 Å². The Bertz CT molecular complexity index is 2310. The van der Waals surface area contributed by atoms with Gasteiger partial charge >= 0.3 is 16.3 Å². The van der Waals surface area contributed by atoms with E-state index in [-0.39, 0.29) is 24.9 Å². The van der Waals surface area contributed by atoms with Crippen LogP contribution in [-0.4, -0.2) is 106 Å². The third-order valence-electron chi connectivity index (χ3n) is 12.8. The number of nitrogens with zero attached hydrogens (tertiary/aromatic N) is 5. The molecule has 2 saturated carbocycles. The van der Waals surface area contributed by atoms with Crippen LogP contribution in [0, 0.1) is 17.8 Å². The standard InChI is InChI=1S/C46H66N8O8S2/c1-28(2)54-36-22-16-20-33(42-47-31(27-63-42)23-29-17-12-11-13-18-29)39(36)50-44(54)61-32-25-37-41(56)49-38-30(24-34(38)40(55)51-64(59,60)52(6)7)19-14-9-8-10-15-21-35(43(57)53(37)26-32)48-45(58)62-46(3,4)5/h14,16,19-20,22,27-30,32,34-35,37-38H,8-13,15,17-18,21,23-26H2,1-7H3,(H,48,58)(H,49,56)(H,51,55)/b19-14-/t30-,32-,34+,35+,37+,38+/m1/s1. The van der Waals surface area contributed by atoms with Gasteiger partial charge in [-0.05, 0) is 90.7 Å². The number of allylic oxidation sites excluding steroid dienone is 1. The van der Waals surface area contributed by atoms with Crippen molar-refractivity contribution in [2.24, 2.45) is 17.8 Å². The summed E-state index contributed by atoms with van der Waals surface area (Å²) < 4.78 is 42.7. The number of ether oxygens (including phenoxy) is 2. The van der Waals surface area contributed by atoms with E-state index in [2.05, 4.69) is 34.6 Å². The highest BCUT2D eigenvalue weighted by Gasteiger charge is 2.49. The number of carbonyl (C=O) groups excluding carboxylic acids is 4. The zero-order chi connectivity index (χ0) is 45.9. The predicted octanol–water partition coefficient (Wildman–Crippen LogP) is 6.67. The number of amides is 4. The zero-order valence-electron chi connectivity index (χ0n) is 38.3. The maximum absolute atomic E-state index is 14.8. The molecule has 0 radical (unpaired) electrons. The van der Waals surface area contributed by atoms with Crippen LogP contribution in [0.3, 0.4) is 0 Å². The fourth-order valence-corrected chi connectivity index (χ4v) is 10.9. The first-order chi connectivity index (χ1) is 30.4. The van der Waals surface area contributed by atoms with E-state index in [0.29, 0.717) is 31.2 Å². The number of imidazole rings is 1. The molecule has 3 N–H and O–H groups in total. The molecule has 16 nitrogen and oxygen atoms in total. The van der Waals surface area contributed by atoms with Gasteiger partial charge in [-0.25, -0.2) is 14.5 Å².